The van der Waals surface area contributed by atoms with Crippen LogP contribution in [0.15, 0.2) is 18.2 Å². The fourth-order valence-electron chi connectivity index (χ4n) is 1.60. The summed E-state index contributed by atoms with van der Waals surface area (Å²) in [4.78, 5) is 11.4. The van der Waals surface area contributed by atoms with Crippen molar-refractivity contribution in [3.63, 3.8) is 0 Å². The first-order valence-electron chi connectivity index (χ1n) is 5.58. The number of carboxylic acid groups (broad SMARTS) is 1. The summed E-state index contributed by atoms with van der Waals surface area (Å²) >= 11 is 5.81. The summed E-state index contributed by atoms with van der Waals surface area (Å²) in [6.45, 7) is -1.08. The van der Waals surface area contributed by atoms with Crippen molar-refractivity contribution in [3.05, 3.63) is 34.3 Å². The highest BCUT2D eigenvalue weighted by Crippen LogP contribution is 2.18. The highest BCUT2D eigenvalue weighted by Gasteiger charge is 2.16. The second-order valence-electron chi connectivity index (χ2n) is 3.95. The van der Waals surface area contributed by atoms with Gasteiger partial charge in [-0.1, -0.05) is 23.7 Å². The third kappa shape index (κ3) is 5.00. The molecule has 0 unspecified atom stereocenters. The molecule has 0 saturated carbocycles. The van der Waals surface area contributed by atoms with Gasteiger partial charge in [0.1, 0.15) is 0 Å². The van der Waals surface area contributed by atoms with E-state index in [9.17, 15) is 13.6 Å². The number of hydrogen-bond acceptors (Lipinski definition) is 2. The molecular weight excluding hydrogens is 280 g/mol. The molecule has 19 heavy (non-hydrogen) atoms. The third-order valence-corrected chi connectivity index (χ3v) is 2.95. The van der Waals surface area contributed by atoms with Crippen LogP contribution in [0.4, 0.5) is 13.6 Å². The van der Waals surface area contributed by atoms with E-state index in [1.807, 2.05) is 0 Å². The lowest BCUT2D eigenvalue weighted by atomic mass is 10.1. The Balaban J connectivity index is 2.66. The zero-order valence-corrected chi connectivity index (χ0v) is 10.8. The van der Waals surface area contributed by atoms with Crippen LogP contribution in [0.25, 0.3) is 0 Å². The van der Waals surface area contributed by atoms with Gasteiger partial charge in [-0.05, 0) is 23.6 Å². The van der Waals surface area contributed by atoms with Gasteiger partial charge >= 0.3 is 6.09 Å². The number of nitrogens with zero attached hydrogens (tertiary/aromatic N) is 1. The fraction of sp³-hybridized carbons (Fsp3) is 0.417. The van der Waals surface area contributed by atoms with E-state index in [1.54, 1.807) is 18.2 Å². The maximum absolute atomic E-state index is 12.2. The summed E-state index contributed by atoms with van der Waals surface area (Å²) in [7, 11) is 0. The van der Waals surface area contributed by atoms with Gasteiger partial charge in [0.2, 0.25) is 0 Å². The summed E-state index contributed by atoms with van der Waals surface area (Å²) < 4.78 is 24.4. The number of benzene rings is 1. The molecule has 0 spiro atoms. The van der Waals surface area contributed by atoms with Gasteiger partial charge in [0.25, 0.3) is 6.43 Å². The summed E-state index contributed by atoms with van der Waals surface area (Å²) in [5.41, 5.74) is 1.25. The van der Waals surface area contributed by atoms with Gasteiger partial charge in [0, 0.05) is 11.6 Å². The van der Waals surface area contributed by atoms with E-state index in [-0.39, 0.29) is 19.6 Å². The minimum Gasteiger partial charge on any atom is -0.465 e. The minimum absolute atomic E-state index is 0.0355. The number of carbonyl (C=O) groups is 1. The SMILES string of the molecule is O=C(O)N(CCc1ccc(Cl)c(CO)c1)CC(F)F. The Morgan fingerprint density at radius 2 is 2.11 bits per heavy atom. The number of aliphatic hydroxyl groups excluding tert-OH is 1. The number of aliphatic hydroxyl groups is 1. The van der Waals surface area contributed by atoms with Gasteiger partial charge in [0.05, 0.1) is 13.2 Å². The Labute approximate surface area is 114 Å². The van der Waals surface area contributed by atoms with Crippen molar-refractivity contribution in [1.29, 1.82) is 0 Å². The van der Waals surface area contributed by atoms with Crippen molar-refractivity contribution in [1.82, 2.24) is 4.90 Å². The molecule has 0 aliphatic carbocycles. The Morgan fingerprint density at radius 3 is 2.63 bits per heavy atom. The zero-order valence-electron chi connectivity index (χ0n) is 10.0. The molecule has 0 heterocycles. The second kappa shape index (κ2) is 7.25. The average molecular weight is 294 g/mol. The van der Waals surface area contributed by atoms with Crippen molar-refractivity contribution >= 4 is 17.7 Å². The van der Waals surface area contributed by atoms with Crippen molar-refractivity contribution in [3.8, 4) is 0 Å². The molecule has 0 aromatic heterocycles. The van der Waals surface area contributed by atoms with Gasteiger partial charge in [-0.15, -0.1) is 0 Å². The van der Waals surface area contributed by atoms with E-state index in [1.165, 1.54) is 0 Å². The lowest BCUT2D eigenvalue weighted by molar-refractivity contribution is 0.0802. The molecule has 4 nitrogen and oxygen atoms in total. The van der Waals surface area contributed by atoms with Crippen LogP contribution in [-0.2, 0) is 13.0 Å². The van der Waals surface area contributed by atoms with Crippen LogP contribution < -0.4 is 0 Å². The van der Waals surface area contributed by atoms with E-state index >= 15 is 0 Å². The quantitative estimate of drug-likeness (QED) is 0.847. The largest absolute Gasteiger partial charge is 0.465 e. The van der Waals surface area contributed by atoms with E-state index in [2.05, 4.69) is 0 Å². The Bertz CT molecular complexity index is 443. The molecule has 1 aromatic carbocycles. The van der Waals surface area contributed by atoms with E-state index in [4.69, 9.17) is 21.8 Å². The summed E-state index contributed by atoms with van der Waals surface area (Å²) in [5, 5.41) is 18.2. The minimum atomic E-state index is -2.70. The van der Waals surface area contributed by atoms with E-state index in [0.717, 1.165) is 5.56 Å². The molecule has 106 valence electrons. The van der Waals surface area contributed by atoms with E-state index < -0.39 is 19.1 Å². The number of rotatable bonds is 6. The lowest BCUT2D eigenvalue weighted by Crippen LogP contribution is -2.35. The highest BCUT2D eigenvalue weighted by atomic mass is 35.5. The smallest absolute Gasteiger partial charge is 0.407 e. The molecule has 0 bridgehead atoms. The molecule has 1 aromatic rings. The molecule has 1 rings (SSSR count). The van der Waals surface area contributed by atoms with Crippen LogP contribution in [0.3, 0.4) is 0 Å². The third-order valence-electron chi connectivity index (χ3n) is 2.58. The topological polar surface area (TPSA) is 60.8 Å². The van der Waals surface area contributed by atoms with Crippen LogP contribution >= 0.6 is 11.6 Å². The van der Waals surface area contributed by atoms with Gasteiger partial charge in [0.15, 0.2) is 0 Å². The van der Waals surface area contributed by atoms with Gasteiger partial charge < -0.3 is 15.1 Å². The standard InChI is InChI=1S/C12H14ClF2NO3/c13-10-2-1-8(5-9(10)7-17)3-4-16(12(18)19)6-11(14)15/h1-2,5,11,17H,3-4,6-7H2,(H,18,19). The number of halogens is 3. The van der Waals surface area contributed by atoms with Crippen LogP contribution in [0.5, 0.6) is 0 Å². The zero-order chi connectivity index (χ0) is 14.4. The average Bonchev–Trinajstić information content (AvgIpc) is 2.35. The maximum Gasteiger partial charge on any atom is 0.407 e. The fourth-order valence-corrected chi connectivity index (χ4v) is 1.78. The maximum atomic E-state index is 12.2. The Kier molecular flexibility index (Phi) is 5.98. The van der Waals surface area contributed by atoms with Crippen LogP contribution in [-0.4, -0.2) is 40.7 Å². The molecule has 7 heteroatoms. The van der Waals surface area contributed by atoms with Crippen LogP contribution in [0.1, 0.15) is 11.1 Å². The Morgan fingerprint density at radius 1 is 1.42 bits per heavy atom. The van der Waals surface area contributed by atoms with Crippen LogP contribution in [0, 0.1) is 0 Å². The number of alkyl halides is 2. The summed E-state index contributed by atoms with van der Waals surface area (Å²) in [6.07, 6.45) is -3.80. The first-order valence-corrected chi connectivity index (χ1v) is 5.96. The molecule has 0 radical (unpaired) electrons. The molecule has 0 aliphatic heterocycles. The lowest BCUT2D eigenvalue weighted by Gasteiger charge is -2.18. The predicted molar refractivity (Wildman–Crippen MR) is 66.7 cm³/mol. The predicted octanol–water partition coefficient (Wildman–Crippen LogP) is 2.62. The van der Waals surface area contributed by atoms with Crippen LogP contribution in [0.2, 0.25) is 5.02 Å². The normalized spacial score (nSPS) is 10.8. The van der Waals surface area contributed by atoms with Gasteiger partial charge in [-0.25, -0.2) is 13.6 Å². The number of hydrogen-bond donors (Lipinski definition) is 2. The molecular formula is C12H14ClF2NO3. The Hall–Kier alpha value is -1.40. The molecule has 2 N–H and O–H groups in total. The molecule has 0 aliphatic rings. The van der Waals surface area contributed by atoms with Crippen molar-refractivity contribution in [2.75, 3.05) is 13.1 Å². The monoisotopic (exact) mass is 293 g/mol. The van der Waals surface area contributed by atoms with Gasteiger partial charge in [-0.3, -0.25) is 0 Å². The van der Waals surface area contributed by atoms with Crippen molar-refractivity contribution in [2.24, 2.45) is 0 Å². The molecule has 1 amide bonds. The first-order chi connectivity index (χ1) is 8.93. The van der Waals surface area contributed by atoms with Crippen molar-refractivity contribution < 1.29 is 23.8 Å². The molecule has 0 atom stereocenters. The summed E-state index contributed by atoms with van der Waals surface area (Å²) in [5.74, 6) is 0. The second-order valence-corrected chi connectivity index (χ2v) is 4.36. The number of amides is 1. The van der Waals surface area contributed by atoms with Gasteiger partial charge in [-0.2, -0.15) is 0 Å². The summed E-state index contributed by atoms with van der Waals surface area (Å²) in [6, 6.07) is 4.88. The molecule has 0 fully saturated rings. The van der Waals surface area contributed by atoms with E-state index in [0.29, 0.717) is 15.5 Å². The molecule has 0 saturated heterocycles. The van der Waals surface area contributed by atoms with Crippen molar-refractivity contribution in [2.45, 2.75) is 19.5 Å². The highest BCUT2D eigenvalue weighted by molar-refractivity contribution is 6.31. The first kappa shape index (κ1) is 15.7.